The van der Waals surface area contributed by atoms with Gasteiger partial charge in [-0.15, -0.1) is 0 Å². The highest BCUT2D eigenvalue weighted by molar-refractivity contribution is 9.10. The number of benzene rings is 1. The van der Waals surface area contributed by atoms with Gasteiger partial charge in [-0.1, -0.05) is 53.9 Å². The van der Waals surface area contributed by atoms with Crippen LogP contribution >= 0.6 is 15.9 Å². The molecule has 1 fully saturated rings. The van der Waals surface area contributed by atoms with Gasteiger partial charge < -0.3 is 0 Å². The molecule has 0 N–H and O–H groups in total. The molecule has 2 atom stereocenters. The van der Waals surface area contributed by atoms with E-state index in [0.717, 1.165) is 18.5 Å². The summed E-state index contributed by atoms with van der Waals surface area (Å²) in [6, 6.07) is 9.31. The van der Waals surface area contributed by atoms with Crippen molar-refractivity contribution in [3.8, 4) is 0 Å². The number of halogens is 1. The summed E-state index contributed by atoms with van der Waals surface area (Å²) in [4.78, 5) is 2.53. The van der Waals surface area contributed by atoms with E-state index in [2.05, 4.69) is 59.1 Å². The Labute approximate surface area is 113 Å². The smallest absolute Gasteiger partial charge is 0.0244 e. The predicted octanol–water partition coefficient (Wildman–Crippen LogP) is 4.46. The maximum atomic E-state index is 3.64. The molecule has 0 heterocycles. The van der Waals surface area contributed by atoms with Gasteiger partial charge >= 0.3 is 0 Å². The topological polar surface area (TPSA) is 3.24 Å². The second-order valence-corrected chi connectivity index (χ2v) is 6.19. The molecule has 1 aliphatic carbocycles. The fraction of sp³-hybridized carbons (Fsp3) is 0.600. The van der Waals surface area contributed by atoms with Gasteiger partial charge in [0.2, 0.25) is 0 Å². The normalized spacial score (nSPS) is 25.2. The second kappa shape index (κ2) is 6.01. The van der Waals surface area contributed by atoms with E-state index >= 15 is 0 Å². The van der Waals surface area contributed by atoms with E-state index in [1.54, 1.807) is 0 Å². The summed E-state index contributed by atoms with van der Waals surface area (Å²) >= 11 is 3.64. The molecular formula is C15H22BrN. The second-order valence-electron chi connectivity index (χ2n) is 5.34. The predicted molar refractivity (Wildman–Crippen MR) is 77.0 cm³/mol. The van der Waals surface area contributed by atoms with Gasteiger partial charge in [-0.05, 0) is 37.4 Å². The maximum absolute atomic E-state index is 3.64. The van der Waals surface area contributed by atoms with Gasteiger partial charge in [-0.25, -0.2) is 0 Å². The van der Waals surface area contributed by atoms with Gasteiger partial charge in [0.25, 0.3) is 0 Å². The summed E-state index contributed by atoms with van der Waals surface area (Å²) in [5, 5.41) is 0. The minimum absolute atomic E-state index is 0.760. The average molecular weight is 296 g/mol. The number of hydrogen-bond donors (Lipinski definition) is 0. The lowest BCUT2D eigenvalue weighted by Crippen LogP contribution is -2.38. The van der Waals surface area contributed by atoms with Crippen molar-refractivity contribution in [2.45, 2.75) is 45.2 Å². The molecule has 1 aromatic rings. The fourth-order valence-corrected chi connectivity index (χ4v) is 3.37. The quantitative estimate of drug-likeness (QED) is 0.796. The Kier molecular flexibility index (Phi) is 4.63. The number of rotatable bonds is 3. The van der Waals surface area contributed by atoms with Crippen LogP contribution in [0.1, 0.15) is 38.2 Å². The van der Waals surface area contributed by atoms with E-state index in [9.17, 15) is 0 Å². The van der Waals surface area contributed by atoms with Gasteiger partial charge in [-0.3, -0.25) is 4.90 Å². The van der Waals surface area contributed by atoms with Crippen LogP contribution in [-0.2, 0) is 6.54 Å². The highest BCUT2D eigenvalue weighted by atomic mass is 79.9. The van der Waals surface area contributed by atoms with E-state index in [0.29, 0.717) is 0 Å². The highest BCUT2D eigenvalue weighted by Crippen LogP contribution is 2.29. The van der Waals surface area contributed by atoms with Crippen LogP contribution < -0.4 is 0 Å². The molecule has 2 unspecified atom stereocenters. The van der Waals surface area contributed by atoms with E-state index in [-0.39, 0.29) is 0 Å². The van der Waals surface area contributed by atoms with Crippen LogP contribution in [-0.4, -0.2) is 18.0 Å². The van der Waals surface area contributed by atoms with Crippen LogP contribution in [0.5, 0.6) is 0 Å². The van der Waals surface area contributed by atoms with Crippen LogP contribution in [0.2, 0.25) is 0 Å². The van der Waals surface area contributed by atoms with Gasteiger partial charge in [0.15, 0.2) is 0 Å². The Balaban J connectivity index is 2.01. The minimum atomic E-state index is 0.760. The first-order chi connectivity index (χ1) is 8.18. The maximum Gasteiger partial charge on any atom is 0.0244 e. The molecular weight excluding hydrogens is 274 g/mol. The molecule has 0 bridgehead atoms. The van der Waals surface area contributed by atoms with Crippen molar-refractivity contribution in [1.82, 2.24) is 4.90 Å². The zero-order chi connectivity index (χ0) is 12.3. The van der Waals surface area contributed by atoms with E-state index in [1.165, 1.54) is 35.7 Å². The van der Waals surface area contributed by atoms with Crippen LogP contribution in [0.4, 0.5) is 0 Å². The first-order valence-corrected chi connectivity index (χ1v) is 7.41. The lowest BCUT2D eigenvalue weighted by Gasteiger charge is -2.36. The van der Waals surface area contributed by atoms with Crippen molar-refractivity contribution in [1.29, 1.82) is 0 Å². The summed E-state index contributed by atoms with van der Waals surface area (Å²) < 4.78 is 1.23. The Hall–Kier alpha value is -0.340. The molecule has 1 nitrogen and oxygen atoms in total. The molecule has 1 aliphatic rings. The first kappa shape index (κ1) is 13.1. The molecule has 0 amide bonds. The zero-order valence-electron chi connectivity index (χ0n) is 10.8. The van der Waals surface area contributed by atoms with Crippen LogP contribution in [0.25, 0.3) is 0 Å². The summed E-state index contributed by atoms with van der Waals surface area (Å²) in [5.74, 6) is 0.844. The third kappa shape index (κ3) is 3.32. The van der Waals surface area contributed by atoms with Crippen molar-refractivity contribution in [2.75, 3.05) is 7.05 Å². The molecule has 2 rings (SSSR count). The fourth-order valence-electron chi connectivity index (χ4n) is 2.96. The highest BCUT2D eigenvalue weighted by Gasteiger charge is 2.24. The number of nitrogens with zero attached hydrogens (tertiary/aromatic N) is 1. The molecule has 94 valence electrons. The van der Waals surface area contributed by atoms with Crippen molar-refractivity contribution in [3.05, 3.63) is 34.3 Å². The molecule has 0 spiro atoms. The van der Waals surface area contributed by atoms with E-state index in [4.69, 9.17) is 0 Å². The van der Waals surface area contributed by atoms with Crippen LogP contribution in [0, 0.1) is 5.92 Å². The van der Waals surface area contributed by atoms with Gasteiger partial charge in [0, 0.05) is 17.1 Å². The standard InChI is InChI=1S/C15H22BrN/c1-12-7-3-6-10-15(12)17(2)11-13-8-4-5-9-14(13)16/h4-5,8-9,12,15H,3,6-7,10-11H2,1-2H3. The van der Waals surface area contributed by atoms with Crippen LogP contribution in [0.3, 0.4) is 0 Å². The zero-order valence-corrected chi connectivity index (χ0v) is 12.4. The lowest BCUT2D eigenvalue weighted by molar-refractivity contribution is 0.133. The Morgan fingerprint density at radius 2 is 1.94 bits per heavy atom. The summed E-state index contributed by atoms with van der Waals surface area (Å²) in [6.07, 6.45) is 5.57. The van der Waals surface area contributed by atoms with Crippen LogP contribution in [0.15, 0.2) is 28.7 Å². The Morgan fingerprint density at radius 1 is 1.24 bits per heavy atom. The molecule has 0 saturated heterocycles. The van der Waals surface area contributed by atoms with Gasteiger partial charge in [0.05, 0.1) is 0 Å². The summed E-state index contributed by atoms with van der Waals surface area (Å²) in [6.45, 7) is 3.46. The monoisotopic (exact) mass is 295 g/mol. The van der Waals surface area contributed by atoms with Crippen molar-refractivity contribution >= 4 is 15.9 Å². The lowest BCUT2D eigenvalue weighted by atomic mass is 9.85. The molecule has 1 aromatic carbocycles. The molecule has 1 saturated carbocycles. The third-order valence-corrected chi connectivity index (χ3v) is 4.78. The summed E-state index contributed by atoms with van der Waals surface area (Å²) in [5.41, 5.74) is 1.40. The van der Waals surface area contributed by atoms with Crippen molar-refractivity contribution in [2.24, 2.45) is 5.92 Å². The Morgan fingerprint density at radius 3 is 2.65 bits per heavy atom. The molecule has 0 aromatic heterocycles. The van der Waals surface area contributed by atoms with Crippen molar-refractivity contribution < 1.29 is 0 Å². The third-order valence-electron chi connectivity index (χ3n) is 4.01. The minimum Gasteiger partial charge on any atom is -0.299 e. The summed E-state index contributed by atoms with van der Waals surface area (Å²) in [7, 11) is 2.27. The molecule has 0 radical (unpaired) electrons. The molecule has 0 aliphatic heterocycles. The SMILES string of the molecule is CC1CCCCC1N(C)Cc1ccccc1Br. The van der Waals surface area contributed by atoms with Gasteiger partial charge in [0.1, 0.15) is 0 Å². The van der Waals surface area contributed by atoms with Crippen molar-refractivity contribution in [3.63, 3.8) is 0 Å². The van der Waals surface area contributed by atoms with Gasteiger partial charge in [-0.2, -0.15) is 0 Å². The number of hydrogen-bond acceptors (Lipinski definition) is 1. The Bertz CT molecular complexity index is 364. The molecule has 17 heavy (non-hydrogen) atoms. The largest absolute Gasteiger partial charge is 0.299 e. The van der Waals surface area contributed by atoms with E-state index in [1.807, 2.05) is 0 Å². The molecule has 2 heteroatoms. The average Bonchev–Trinajstić information content (AvgIpc) is 2.32. The van der Waals surface area contributed by atoms with E-state index < -0.39 is 0 Å². The first-order valence-electron chi connectivity index (χ1n) is 6.62.